The van der Waals surface area contributed by atoms with E-state index in [1.165, 1.54) is 0 Å². The molecule has 6 heteroatoms. The second-order valence-corrected chi connectivity index (χ2v) is 0. The van der Waals surface area contributed by atoms with Crippen LogP contribution in [0.2, 0.25) is 0 Å². The third kappa shape index (κ3) is 27.9. The minimum atomic E-state index is 0. The van der Waals surface area contributed by atoms with Crippen LogP contribution in [-0.2, 0) is 101 Å². The number of rotatable bonds is 0. The molecule has 0 rings (SSSR count). The summed E-state index contributed by atoms with van der Waals surface area (Å²) >= 11 is 0. The average Bonchev–Trinajstić information content (AvgIpc) is 0. The molecule has 0 aliphatic carbocycles. The molecule has 0 saturated carbocycles. The van der Waals surface area contributed by atoms with E-state index in [0.29, 0.717) is 0 Å². The maximum Gasteiger partial charge on any atom is 0 e. The summed E-state index contributed by atoms with van der Waals surface area (Å²) in [6.07, 6.45) is 0. The van der Waals surface area contributed by atoms with E-state index < -0.39 is 0 Å². The fraction of sp³-hybridized carbons (Fsp3) is 0. The van der Waals surface area contributed by atoms with Gasteiger partial charge in [0, 0.05) is 61.0 Å². The maximum atomic E-state index is 0. The molecule has 0 fully saturated rings. The molecule has 0 unspecified atom stereocenters. The smallest absolute Gasteiger partial charge is 0 e. The van der Waals surface area contributed by atoms with Gasteiger partial charge in [0.25, 0.3) is 0 Å². The van der Waals surface area contributed by atoms with Crippen LogP contribution in [0.4, 0.5) is 0 Å². The first kappa shape index (κ1) is 63.5. The van der Waals surface area contributed by atoms with E-state index in [1.807, 2.05) is 0 Å². The van der Waals surface area contributed by atoms with Crippen LogP contribution in [-0.4, -0.2) is 0 Å². The summed E-state index contributed by atoms with van der Waals surface area (Å²) in [5.74, 6) is 0. The summed E-state index contributed by atoms with van der Waals surface area (Å²) in [5.41, 5.74) is 0. The van der Waals surface area contributed by atoms with Gasteiger partial charge in [-0.15, -0.1) is 0 Å². The second-order valence-electron chi connectivity index (χ2n) is 0. The van der Waals surface area contributed by atoms with E-state index in [2.05, 4.69) is 0 Å². The standard InChI is InChI=1S/Mo.Re.Rh.3S/q;;;3*-2. The molecule has 0 nitrogen and oxygen atoms in total. The predicted octanol–water partition coefficient (Wildman–Crippen LogP) is -0.0147. The Morgan fingerprint density at radius 2 is 0.667 bits per heavy atom. The Hall–Kier alpha value is 3.02. The van der Waals surface area contributed by atoms with Crippen molar-refractivity contribution < 1.29 is 61.0 Å². The summed E-state index contributed by atoms with van der Waals surface area (Å²) in [7, 11) is 0. The Morgan fingerprint density at radius 3 is 0.667 bits per heavy atom. The molecule has 0 spiro atoms. The van der Waals surface area contributed by atoms with Crippen LogP contribution in [0.15, 0.2) is 0 Å². The van der Waals surface area contributed by atoms with Crippen molar-refractivity contribution in [2.75, 3.05) is 0 Å². The monoisotopic (exact) mass is 484 g/mol. The SMILES string of the molecule is [Mo].[Re].[Rh].[S-2].[S-2].[S-2]. The molecule has 6 heavy (non-hydrogen) atoms. The molecule has 0 bridgehead atoms. The third-order valence-electron chi connectivity index (χ3n) is 0. The quantitative estimate of drug-likeness (QED) is 0.428. The van der Waals surface area contributed by atoms with Gasteiger partial charge in [0.05, 0.1) is 0 Å². The van der Waals surface area contributed by atoms with Gasteiger partial charge in [0.15, 0.2) is 0 Å². The molecule has 0 saturated heterocycles. The van der Waals surface area contributed by atoms with Gasteiger partial charge < -0.3 is 40.5 Å². The predicted molar refractivity (Wildman–Crippen MR) is 22.1 cm³/mol. The van der Waals surface area contributed by atoms with E-state index in [4.69, 9.17) is 0 Å². The molecule has 0 aromatic rings. The van der Waals surface area contributed by atoms with E-state index in [1.54, 1.807) is 0 Å². The minimum Gasteiger partial charge on any atom is -2.00 e. The summed E-state index contributed by atoms with van der Waals surface area (Å²) in [6.45, 7) is 0. The van der Waals surface area contributed by atoms with Crippen LogP contribution in [0.3, 0.4) is 0 Å². The summed E-state index contributed by atoms with van der Waals surface area (Å²) < 4.78 is 0. The van der Waals surface area contributed by atoms with Gasteiger partial charge >= 0.3 is 0 Å². The molecule has 0 aromatic carbocycles. The van der Waals surface area contributed by atoms with Gasteiger partial charge in [-0.2, -0.15) is 0 Å². The number of hydrogen-bond acceptors (Lipinski definition) is 0. The molecule has 0 atom stereocenters. The molecule has 0 N–H and O–H groups in total. The zero-order chi connectivity index (χ0) is 0. The Bertz CT molecular complexity index is 10.8. The molecule has 0 amide bonds. The Morgan fingerprint density at radius 1 is 0.667 bits per heavy atom. The van der Waals surface area contributed by atoms with Gasteiger partial charge in [0.1, 0.15) is 0 Å². The largest absolute Gasteiger partial charge is 2.00 e. The Kier molecular flexibility index (Phi) is 458. The van der Waals surface area contributed by atoms with Crippen molar-refractivity contribution in [3.63, 3.8) is 0 Å². The molecular weight excluding hydrogens is 481 g/mol. The van der Waals surface area contributed by atoms with E-state index in [-0.39, 0.29) is 101 Å². The van der Waals surface area contributed by atoms with Crippen molar-refractivity contribution >= 4 is 40.5 Å². The maximum absolute atomic E-state index is 0. The molecule has 0 aliphatic rings. The molecule has 2 radical (unpaired) electrons. The van der Waals surface area contributed by atoms with Crippen LogP contribution < -0.4 is 0 Å². The van der Waals surface area contributed by atoms with E-state index in [0.717, 1.165) is 0 Å². The minimum absolute atomic E-state index is 0. The van der Waals surface area contributed by atoms with Crippen molar-refractivity contribution in [1.82, 2.24) is 0 Å². The summed E-state index contributed by atoms with van der Waals surface area (Å²) in [4.78, 5) is 0. The first-order chi connectivity index (χ1) is 0. The van der Waals surface area contributed by atoms with Crippen LogP contribution in [0.1, 0.15) is 0 Å². The number of hydrogen-bond donors (Lipinski definition) is 0. The Labute approximate surface area is 100.0 Å². The van der Waals surface area contributed by atoms with E-state index >= 15 is 0 Å². The molecule has 46 valence electrons. The second kappa shape index (κ2) is 43.3. The van der Waals surface area contributed by atoms with Gasteiger partial charge in [-0.25, -0.2) is 0 Å². The zero-order valence-electron chi connectivity index (χ0n) is 2.34. The first-order valence-corrected chi connectivity index (χ1v) is 0. The van der Waals surface area contributed by atoms with E-state index in [9.17, 15) is 0 Å². The summed E-state index contributed by atoms with van der Waals surface area (Å²) in [6, 6.07) is 0. The van der Waals surface area contributed by atoms with Crippen LogP contribution in [0.25, 0.3) is 0 Å². The molecule has 0 heterocycles. The van der Waals surface area contributed by atoms with Gasteiger partial charge in [0.2, 0.25) is 0 Å². The molecule has 0 aliphatic heterocycles. The molecular formula is MoReRhS3-6. The van der Waals surface area contributed by atoms with Crippen molar-refractivity contribution in [3.8, 4) is 0 Å². The van der Waals surface area contributed by atoms with Gasteiger partial charge in [-0.05, 0) is 0 Å². The summed E-state index contributed by atoms with van der Waals surface area (Å²) in [5, 5.41) is 0. The third-order valence-corrected chi connectivity index (χ3v) is 0. The van der Waals surface area contributed by atoms with Crippen LogP contribution >= 0.6 is 0 Å². The average molecular weight is 481 g/mol. The Balaban J connectivity index is 0. The van der Waals surface area contributed by atoms with Crippen molar-refractivity contribution in [2.45, 2.75) is 0 Å². The van der Waals surface area contributed by atoms with Crippen molar-refractivity contribution in [3.05, 3.63) is 0 Å². The zero-order valence-corrected chi connectivity index (χ0v) is 11.2. The topological polar surface area (TPSA) is 0 Å². The van der Waals surface area contributed by atoms with Crippen LogP contribution in [0, 0.1) is 0 Å². The normalized spacial score (nSPS) is 0. The van der Waals surface area contributed by atoms with Crippen LogP contribution in [0.5, 0.6) is 0 Å². The fourth-order valence-corrected chi connectivity index (χ4v) is 0. The van der Waals surface area contributed by atoms with Crippen molar-refractivity contribution in [1.29, 1.82) is 0 Å². The fourth-order valence-electron chi connectivity index (χ4n) is 0. The van der Waals surface area contributed by atoms with Gasteiger partial charge in [-0.3, -0.25) is 0 Å². The molecule has 0 aromatic heterocycles. The first-order valence-electron chi connectivity index (χ1n) is 0. The van der Waals surface area contributed by atoms with Crippen molar-refractivity contribution in [2.24, 2.45) is 0 Å². The van der Waals surface area contributed by atoms with Gasteiger partial charge in [-0.1, -0.05) is 0 Å².